The molecule has 3 rings (SSSR count). The molecule has 32 heavy (non-hydrogen) atoms. The molecule has 1 atom stereocenters. The van der Waals surface area contributed by atoms with Gasteiger partial charge in [0.1, 0.15) is 11.6 Å². The summed E-state index contributed by atoms with van der Waals surface area (Å²) in [6.45, 7) is 5.15. The number of hydrogen-bond acceptors (Lipinski definition) is 4. The fourth-order valence-corrected chi connectivity index (χ4v) is 3.88. The quantitative estimate of drug-likeness (QED) is 0.290. The second-order valence-electron chi connectivity index (χ2n) is 7.62. The molecular formula is C26H34F2N2OS. The number of hydrogen-bond donors (Lipinski definition) is 3. The van der Waals surface area contributed by atoms with E-state index in [1.807, 2.05) is 32.0 Å². The number of thiol groups is 1. The normalized spacial score (nSPS) is 14.3. The van der Waals surface area contributed by atoms with E-state index >= 15 is 0 Å². The predicted octanol–water partition coefficient (Wildman–Crippen LogP) is 6.26. The van der Waals surface area contributed by atoms with Crippen LogP contribution in [0.25, 0.3) is 0 Å². The maximum absolute atomic E-state index is 14.4. The number of allylic oxidation sites excluding steroid dienone is 2. The molecule has 0 unspecified atom stereocenters. The van der Waals surface area contributed by atoms with E-state index in [0.29, 0.717) is 18.5 Å². The lowest BCUT2D eigenvalue weighted by Gasteiger charge is -2.15. The standard InChI is InChI=1S/C24H28F2N2OS.C2H6/c25-22-13-19(16-28-20-8-4-9-21(29)14-20)23(26)12-18(22)15-27-11-5-10-24(30)17-6-2-1-3-7-17;1-2/h1-3,6-7,12-14,24,27-28,30H,4-5,8-11,15-16H2;1-2H3/t24-;/m1./s1. The van der Waals surface area contributed by atoms with Gasteiger partial charge in [-0.1, -0.05) is 44.2 Å². The summed E-state index contributed by atoms with van der Waals surface area (Å²) in [5, 5.41) is 6.40. The van der Waals surface area contributed by atoms with Gasteiger partial charge in [-0.15, -0.1) is 0 Å². The topological polar surface area (TPSA) is 41.1 Å². The second-order valence-corrected chi connectivity index (χ2v) is 8.25. The molecule has 0 spiro atoms. The zero-order chi connectivity index (χ0) is 23.3. The Hall–Kier alpha value is -2.18. The fraction of sp³-hybridized carbons (Fsp3) is 0.423. The van der Waals surface area contributed by atoms with Crippen LogP contribution < -0.4 is 10.6 Å². The van der Waals surface area contributed by atoms with E-state index in [1.54, 1.807) is 6.08 Å². The van der Waals surface area contributed by atoms with Crippen molar-refractivity contribution in [2.75, 3.05) is 6.54 Å². The Morgan fingerprint density at radius 2 is 1.66 bits per heavy atom. The van der Waals surface area contributed by atoms with Crippen molar-refractivity contribution in [3.8, 4) is 0 Å². The van der Waals surface area contributed by atoms with Crippen molar-refractivity contribution >= 4 is 18.4 Å². The minimum Gasteiger partial charge on any atom is -0.384 e. The Labute approximate surface area is 196 Å². The van der Waals surface area contributed by atoms with Crippen molar-refractivity contribution in [1.29, 1.82) is 0 Å². The van der Waals surface area contributed by atoms with Gasteiger partial charge in [0.15, 0.2) is 5.78 Å². The van der Waals surface area contributed by atoms with Crippen LogP contribution in [0.15, 0.2) is 54.2 Å². The monoisotopic (exact) mass is 460 g/mol. The highest BCUT2D eigenvalue weighted by Crippen LogP contribution is 2.24. The zero-order valence-electron chi connectivity index (χ0n) is 19.0. The van der Waals surface area contributed by atoms with Gasteiger partial charge in [-0.25, -0.2) is 8.78 Å². The number of carbonyl (C=O) groups is 1. The van der Waals surface area contributed by atoms with Crippen LogP contribution in [0.3, 0.4) is 0 Å². The highest BCUT2D eigenvalue weighted by molar-refractivity contribution is 7.80. The molecule has 0 aliphatic heterocycles. The maximum atomic E-state index is 14.4. The van der Waals surface area contributed by atoms with Gasteiger partial charge in [-0.05, 0) is 49.9 Å². The molecular weight excluding hydrogens is 426 g/mol. The number of carbonyl (C=O) groups excluding carboxylic acids is 1. The zero-order valence-corrected chi connectivity index (χ0v) is 19.9. The molecule has 1 aliphatic rings. The number of rotatable bonds is 10. The van der Waals surface area contributed by atoms with Gasteiger partial charge in [0, 0.05) is 47.7 Å². The van der Waals surface area contributed by atoms with E-state index < -0.39 is 11.6 Å². The smallest absolute Gasteiger partial charge is 0.157 e. The molecule has 0 amide bonds. The maximum Gasteiger partial charge on any atom is 0.157 e. The van der Waals surface area contributed by atoms with Crippen LogP contribution in [-0.2, 0) is 17.9 Å². The third kappa shape index (κ3) is 8.40. The van der Waals surface area contributed by atoms with Crippen LogP contribution in [0.4, 0.5) is 8.78 Å². The second kappa shape index (κ2) is 14.1. The molecule has 0 saturated heterocycles. The Bertz CT molecular complexity index is 887. The van der Waals surface area contributed by atoms with Crippen molar-refractivity contribution in [1.82, 2.24) is 10.6 Å². The number of benzene rings is 2. The molecule has 0 fully saturated rings. The average Bonchev–Trinajstić information content (AvgIpc) is 2.81. The first kappa shape index (κ1) is 26.1. The van der Waals surface area contributed by atoms with Crippen LogP contribution in [0.2, 0.25) is 0 Å². The first-order chi connectivity index (χ1) is 15.5. The van der Waals surface area contributed by atoms with Crippen LogP contribution in [-0.4, -0.2) is 12.3 Å². The van der Waals surface area contributed by atoms with Gasteiger partial charge in [0.05, 0.1) is 0 Å². The third-order valence-electron chi connectivity index (χ3n) is 5.26. The Morgan fingerprint density at radius 1 is 1.00 bits per heavy atom. The Kier molecular flexibility index (Phi) is 11.5. The van der Waals surface area contributed by atoms with Crippen LogP contribution in [0, 0.1) is 11.6 Å². The van der Waals surface area contributed by atoms with Crippen molar-refractivity contribution in [3.05, 3.63) is 82.6 Å². The van der Waals surface area contributed by atoms with E-state index in [-0.39, 0.29) is 29.7 Å². The number of halogens is 2. The van der Waals surface area contributed by atoms with Gasteiger partial charge < -0.3 is 10.6 Å². The third-order valence-corrected chi connectivity index (χ3v) is 5.81. The molecule has 6 heteroatoms. The SMILES string of the molecule is CC.O=C1C=C(NCc2cc(F)c(CNCCC[C@@H](S)c3ccccc3)cc2F)CCC1. The molecule has 2 N–H and O–H groups in total. The predicted molar refractivity (Wildman–Crippen MR) is 131 cm³/mol. The highest BCUT2D eigenvalue weighted by Gasteiger charge is 2.13. The molecule has 0 aromatic heterocycles. The van der Waals surface area contributed by atoms with E-state index in [4.69, 9.17) is 0 Å². The van der Waals surface area contributed by atoms with Gasteiger partial charge >= 0.3 is 0 Å². The van der Waals surface area contributed by atoms with E-state index in [9.17, 15) is 13.6 Å². The molecule has 0 saturated carbocycles. The lowest BCUT2D eigenvalue weighted by Crippen LogP contribution is -2.19. The largest absolute Gasteiger partial charge is 0.384 e. The summed E-state index contributed by atoms with van der Waals surface area (Å²) in [6.07, 6.45) is 5.45. The molecule has 0 bridgehead atoms. The first-order valence-electron chi connectivity index (χ1n) is 11.4. The minimum absolute atomic E-state index is 0.0739. The van der Waals surface area contributed by atoms with Gasteiger partial charge in [-0.3, -0.25) is 4.79 Å². The molecule has 1 aliphatic carbocycles. The highest BCUT2D eigenvalue weighted by atomic mass is 32.1. The van der Waals surface area contributed by atoms with E-state index in [0.717, 1.165) is 31.4 Å². The van der Waals surface area contributed by atoms with Crippen molar-refractivity contribution < 1.29 is 13.6 Å². The lowest BCUT2D eigenvalue weighted by molar-refractivity contribution is -0.115. The van der Waals surface area contributed by atoms with Crippen molar-refractivity contribution in [2.24, 2.45) is 0 Å². The lowest BCUT2D eigenvalue weighted by atomic mass is 10.0. The Morgan fingerprint density at radius 3 is 2.31 bits per heavy atom. The van der Waals surface area contributed by atoms with Crippen LogP contribution in [0.1, 0.15) is 67.9 Å². The van der Waals surface area contributed by atoms with Crippen molar-refractivity contribution in [2.45, 2.75) is 64.3 Å². The minimum atomic E-state index is -0.442. The summed E-state index contributed by atoms with van der Waals surface area (Å²) in [6, 6.07) is 12.6. The summed E-state index contributed by atoms with van der Waals surface area (Å²) in [5.74, 6) is -0.793. The first-order valence-corrected chi connectivity index (χ1v) is 11.9. The summed E-state index contributed by atoms with van der Waals surface area (Å²) < 4.78 is 28.8. The summed E-state index contributed by atoms with van der Waals surface area (Å²) in [5.41, 5.74) is 2.55. The van der Waals surface area contributed by atoms with Crippen molar-refractivity contribution in [3.63, 3.8) is 0 Å². The Balaban J connectivity index is 0.00000176. The molecule has 2 aromatic carbocycles. The summed E-state index contributed by atoms with van der Waals surface area (Å²) in [4.78, 5) is 11.4. The van der Waals surface area contributed by atoms with Gasteiger partial charge in [0.2, 0.25) is 0 Å². The van der Waals surface area contributed by atoms with Gasteiger partial charge in [0.25, 0.3) is 0 Å². The van der Waals surface area contributed by atoms with Crippen LogP contribution >= 0.6 is 12.6 Å². The van der Waals surface area contributed by atoms with Crippen LogP contribution in [0.5, 0.6) is 0 Å². The van der Waals surface area contributed by atoms with E-state index in [1.165, 1.54) is 17.7 Å². The molecule has 2 aromatic rings. The number of nitrogens with one attached hydrogen (secondary N) is 2. The molecule has 0 radical (unpaired) electrons. The molecule has 174 valence electrons. The molecule has 0 heterocycles. The molecule has 3 nitrogen and oxygen atoms in total. The fourth-order valence-electron chi connectivity index (χ4n) is 3.53. The van der Waals surface area contributed by atoms with E-state index in [2.05, 4.69) is 35.4 Å². The summed E-state index contributed by atoms with van der Waals surface area (Å²) >= 11 is 4.63. The summed E-state index contributed by atoms with van der Waals surface area (Å²) in [7, 11) is 0. The average molecular weight is 461 g/mol. The van der Waals surface area contributed by atoms with Gasteiger partial charge in [-0.2, -0.15) is 12.6 Å². The number of ketones is 1.